The Hall–Kier alpha value is -3.64. The highest BCUT2D eigenvalue weighted by Crippen LogP contribution is 2.25. The molecule has 1 heterocycles. The van der Waals surface area contributed by atoms with Crippen LogP contribution in [-0.2, 0) is 20.1 Å². The van der Waals surface area contributed by atoms with Crippen LogP contribution in [0.15, 0.2) is 72.9 Å². The lowest BCUT2D eigenvalue weighted by Crippen LogP contribution is -2.17. The van der Waals surface area contributed by atoms with Crippen molar-refractivity contribution in [3.8, 4) is 5.75 Å². The quantitative estimate of drug-likeness (QED) is 0.469. The number of rotatable bonds is 6. The van der Waals surface area contributed by atoms with E-state index in [-0.39, 0.29) is 17.5 Å². The molecule has 0 fully saturated rings. The maximum absolute atomic E-state index is 13.1. The number of hydrogen-bond donors (Lipinski definition) is 2. The second kappa shape index (κ2) is 8.62. The number of anilines is 1. The lowest BCUT2D eigenvalue weighted by molar-refractivity contribution is 0.102. The van der Waals surface area contributed by atoms with Gasteiger partial charge in [0.05, 0.1) is 0 Å². The number of aromatic nitrogens is 1. The molecule has 1 aromatic heterocycles. The van der Waals surface area contributed by atoms with Gasteiger partial charge in [0.25, 0.3) is 5.91 Å². The third-order valence-electron chi connectivity index (χ3n) is 5.24. The van der Waals surface area contributed by atoms with E-state index in [1.54, 1.807) is 18.2 Å². The summed E-state index contributed by atoms with van der Waals surface area (Å²) < 4.78 is 15.1. The van der Waals surface area contributed by atoms with Crippen LogP contribution >= 0.6 is 0 Å². The monoisotopic (exact) mass is 417 g/mol. The van der Waals surface area contributed by atoms with Crippen molar-refractivity contribution in [3.63, 3.8) is 0 Å². The summed E-state index contributed by atoms with van der Waals surface area (Å²) in [5.41, 5.74) is 4.27. The molecule has 4 aromatic rings. The van der Waals surface area contributed by atoms with E-state index in [0.29, 0.717) is 24.3 Å². The zero-order valence-electron chi connectivity index (χ0n) is 17.5. The first-order valence-electron chi connectivity index (χ1n) is 10.0. The summed E-state index contributed by atoms with van der Waals surface area (Å²) >= 11 is 0. The maximum atomic E-state index is 13.1. The van der Waals surface area contributed by atoms with Crippen molar-refractivity contribution in [3.05, 3.63) is 95.4 Å². The molecule has 1 amide bonds. The molecule has 0 atom stereocenters. The summed E-state index contributed by atoms with van der Waals surface area (Å²) in [7, 11) is 4.01. The largest absolute Gasteiger partial charge is 0.508 e. The molecular weight excluding hydrogens is 393 g/mol. The number of halogens is 1. The van der Waals surface area contributed by atoms with Crippen LogP contribution < -0.4 is 5.32 Å². The van der Waals surface area contributed by atoms with E-state index >= 15 is 0 Å². The lowest BCUT2D eigenvalue weighted by Gasteiger charge is -2.16. The Morgan fingerprint density at radius 1 is 1.06 bits per heavy atom. The van der Waals surface area contributed by atoms with Crippen LogP contribution in [-0.4, -0.2) is 27.5 Å². The molecule has 6 heteroatoms. The molecule has 0 bridgehead atoms. The smallest absolute Gasteiger partial charge is 0.255 e. The molecule has 0 aliphatic rings. The highest BCUT2D eigenvalue weighted by Gasteiger charge is 2.13. The molecular formula is C25H24FN3O2. The van der Waals surface area contributed by atoms with Gasteiger partial charge in [0.1, 0.15) is 11.6 Å². The first kappa shape index (κ1) is 20.6. The van der Waals surface area contributed by atoms with E-state index in [9.17, 15) is 14.3 Å². The van der Waals surface area contributed by atoms with Crippen LogP contribution in [0, 0.1) is 5.82 Å². The number of fused-ring (bicyclic) bond motifs is 1. The molecule has 0 saturated carbocycles. The van der Waals surface area contributed by atoms with Crippen molar-refractivity contribution in [2.75, 3.05) is 12.4 Å². The molecule has 158 valence electrons. The molecule has 0 radical (unpaired) electrons. The second-order valence-electron chi connectivity index (χ2n) is 7.80. The standard InChI is InChI=1S/C25H24FN3O2/c1-28(14-17-4-3-5-22(30)12-17)15-19-16-29(2)24-11-6-18(13-23(19)24)25(31)27-21-9-7-20(26)8-10-21/h3-13,16,30H,14-15H2,1-2H3,(H,27,31). The van der Waals surface area contributed by atoms with Gasteiger partial charge in [0.15, 0.2) is 0 Å². The highest BCUT2D eigenvalue weighted by molar-refractivity contribution is 6.06. The maximum Gasteiger partial charge on any atom is 0.255 e. The highest BCUT2D eigenvalue weighted by atomic mass is 19.1. The minimum Gasteiger partial charge on any atom is -0.508 e. The Balaban J connectivity index is 1.55. The number of aryl methyl sites for hydroxylation is 1. The fourth-order valence-electron chi connectivity index (χ4n) is 3.79. The topological polar surface area (TPSA) is 57.5 Å². The summed E-state index contributed by atoms with van der Waals surface area (Å²) in [6.07, 6.45) is 2.07. The van der Waals surface area contributed by atoms with E-state index in [0.717, 1.165) is 22.0 Å². The van der Waals surface area contributed by atoms with E-state index in [4.69, 9.17) is 0 Å². The van der Waals surface area contributed by atoms with E-state index in [1.165, 1.54) is 24.3 Å². The molecule has 0 aliphatic heterocycles. The van der Waals surface area contributed by atoms with E-state index in [1.807, 2.05) is 38.4 Å². The Kier molecular flexibility index (Phi) is 5.73. The van der Waals surface area contributed by atoms with Gasteiger partial charge < -0.3 is 15.0 Å². The third kappa shape index (κ3) is 4.75. The van der Waals surface area contributed by atoms with Gasteiger partial charge in [-0.15, -0.1) is 0 Å². The van der Waals surface area contributed by atoms with Crippen LogP contribution in [0.2, 0.25) is 0 Å². The number of benzene rings is 3. The number of nitrogens with zero attached hydrogens (tertiary/aromatic N) is 2. The zero-order chi connectivity index (χ0) is 22.0. The molecule has 31 heavy (non-hydrogen) atoms. The minimum absolute atomic E-state index is 0.239. The van der Waals surface area contributed by atoms with Gasteiger partial charge in [0, 0.05) is 48.5 Å². The van der Waals surface area contributed by atoms with E-state index < -0.39 is 0 Å². The molecule has 2 N–H and O–H groups in total. The number of aromatic hydroxyl groups is 1. The van der Waals surface area contributed by atoms with Crippen molar-refractivity contribution in [2.45, 2.75) is 13.1 Å². The SMILES string of the molecule is CN(Cc1cccc(O)c1)Cc1cn(C)c2ccc(C(=O)Nc3ccc(F)cc3)cc12. The number of phenols is 1. The predicted molar refractivity (Wildman–Crippen MR) is 121 cm³/mol. The van der Waals surface area contributed by atoms with Crippen LogP contribution in [0.5, 0.6) is 5.75 Å². The van der Waals surface area contributed by atoms with Crippen LogP contribution in [0.4, 0.5) is 10.1 Å². The van der Waals surface area contributed by atoms with Gasteiger partial charge >= 0.3 is 0 Å². The average Bonchev–Trinajstić information content (AvgIpc) is 3.04. The lowest BCUT2D eigenvalue weighted by atomic mass is 10.1. The summed E-state index contributed by atoms with van der Waals surface area (Å²) in [5, 5.41) is 13.5. The molecule has 5 nitrogen and oxygen atoms in total. The number of phenolic OH excluding ortho intramolecular Hbond substituents is 1. The van der Waals surface area contributed by atoms with Crippen LogP contribution in [0.25, 0.3) is 10.9 Å². The summed E-state index contributed by atoms with van der Waals surface area (Å²) in [6, 6.07) is 18.6. The Bertz CT molecular complexity index is 1230. The average molecular weight is 417 g/mol. The molecule has 4 rings (SSSR count). The molecule has 0 unspecified atom stereocenters. The van der Waals surface area contributed by atoms with Crippen molar-refractivity contribution < 1.29 is 14.3 Å². The zero-order valence-corrected chi connectivity index (χ0v) is 17.5. The van der Waals surface area contributed by atoms with E-state index in [2.05, 4.69) is 21.0 Å². The first-order valence-corrected chi connectivity index (χ1v) is 10.0. The Morgan fingerprint density at radius 2 is 1.84 bits per heavy atom. The number of carbonyl (C=O) groups excluding carboxylic acids is 1. The molecule has 0 aliphatic carbocycles. The number of amides is 1. The van der Waals surface area contributed by atoms with Gasteiger partial charge in [-0.05, 0) is 72.8 Å². The Labute approximate surface area is 180 Å². The molecule has 0 saturated heterocycles. The number of hydrogen-bond acceptors (Lipinski definition) is 3. The van der Waals surface area contributed by atoms with Crippen molar-refractivity contribution in [1.29, 1.82) is 0 Å². The molecule has 3 aromatic carbocycles. The van der Waals surface area contributed by atoms with Crippen molar-refractivity contribution in [1.82, 2.24) is 9.47 Å². The number of nitrogens with one attached hydrogen (secondary N) is 1. The predicted octanol–water partition coefficient (Wildman–Crippen LogP) is 4.91. The number of carbonyl (C=O) groups is 1. The van der Waals surface area contributed by atoms with Gasteiger partial charge in [-0.2, -0.15) is 0 Å². The molecule has 0 spiro atoms. The van der Waals surface area contributed by atoms with Crippen molar-refractivity contribution >= 4 is 22.5 Å². The van der Waals surface area contributed by atoms with Gasteiger partial charge in [-0.25, -0.2) is 4.39 Å². The summed E-state index contributed by atoms with van der Waals surface area (Å²) in [4.78, 5) is 14.9. The normalized spacial score (nSPS) is 11.2. The first-order chi connectivity index (χ1) is 14.9. The van der Waals surface area contributed by atoms with Gasteiger partial charge in [-0.1, -0.05) is 12.1 Å². The Morgan fingerprint density at radius 3 is 2.58 bits per heavy atom. The van der Waals surface area contributed by atoms with Gasteiger partial charge in [-0.3, -0.25) is 9.69 Å². The van der Waals surface area contributed by atoms with Crippen LogP contribution in [0.3, 0.4) is 0 Å². The fourth-order valence-corrected chi connectivity index (χ4v) is 3.79. The third-order valence-corrected chi connectivity index (χ3v) is 5.24. The fraction of sp³-hybridized carbons (Fsp3) is 0.160. The minimum atomic E-state index is -0.344. The summed E-state index contributed by atoms with van der Waals surface area (Å²) in [6.45, 7) is 1.38. The summed E-state index contributed by atoms with van der Waals surface area (Å²) in [5.74, 6) is -0.326. The van der Waals surface area contributed by atoms with Crippen LogP contribution in [0.1, 0.15) is 21.5 Å². The van der Waals surface area contributed by atoms with Gasteiger partial charge in [0.2, 0.25) is 0 Å². The van der Waals surface area contributed by atoms with Crippen molar-refractivity contribution in [2.24, 2.45) is 7.05 Å². The second-order valence-corrected chi connectivity index (χ2v) is 7.80.